The van der Waals surface area contributed by atoms with Gasteiger partial charge in [0.25, 0.3) is 0 Å². The lowest BCUT2D eigenvalue weighted by Gasteiger charge is -2.23. The van der Waals surface area contributed by atoms with Crippen molar-refractivity contribution in [1.82, 2.24) is 5.32 Å². The maximum absolute atomic E-state index is 5.13. The van der Waals surface area contributed by atoms with Crippen molar-refractivity contribution in [3.05, 3.63) is 0 Å². The van der Waals surface area contributed by atoms with E-state index in [2.05, 4.69) is 12.2 Å². The van der Waals surface area contributed by atoms with Crippen molar-refractivity contribution in [2.75, 3.05) is 26.8 Å². The third-order valence-electron chi connectivity index (χ3n) is 2.98. The third-order valence-corrected chi connectivity index (χ3v) is 2.98. The number of ether oxygens (including phenoxy) is 1. The fraction of sp³-hybridized carbons (Fsp3) is 1.00. The summed E-state index contributed by atoms with van der Waals surface area (Å²) in [7, 11) is 1.79. The minimum atomic E-state index is 0.736. The molecular weight excluding hydrogens is 162 g/mol. The van der Waals surface area contributed by atoms with Gasteiger partial charge in [-0.2, -0.15) is 0 Å². The van der Waals surface area contributed by atoms with Crippen molar-refractivity contribution < 1.29 is 4.74 Å². The van der Waals surface area contributed by atoms with E-state index < -0.39 is 0 Å². The highest BCUT2D eigenvalue weighted by molar-refractivity contribution is 4.69. The van der Waals surface area contributed by atoms with Crippen LogP contribution in [0.1, 0.15) is 32.6 Å². The Labute approximate surface area is 82.0 Å². The summed E-state index contributed by atoms with van der Waals surface area (Å²) in [5.41, 5.74) is 0. The molecule has 2 heteroatoms. The van der Waals surface area contributed by atoms with Gasteiger partial charge in [0, 0.05) is 13.7 Å². The van der Waals surface area contributed by atoms with Crippen LogP contribution in [0.3, 0.4) is 0 Å². The van der Waals surface area contributed by atoms with E-state index in [0.29, 0.717) is 0 Å². The van der Waals surface area contributed by atoms with Gasteiger partial charge in [-0.1, -0.05) is 13.3 Å². The first kappa shape index (κ1) is 11.0. The summed E-state index contributed by atoms with van der Waals surface area (Å²) < 4.78 is 5.13. The predicted octanol–water partition coefficient (Wildman–Crippen LogP) is 2.05. The molecule has 1 aliphatic heterocycles. The first-order valence-electron chi connectivity index (χ1n) is 5.52. The lowest BCUT2D eigenvalue weighted by Crippen LogP contribution is -2.28. The molecule has 13 heavy (non-hydrogen) atoms. The zero-order valence-corrected chi connectivity index (χ0v) is 9.01. The maximum atomic E-state index is 5.13. The van der Waals surface area contributed by atoms with Crippen LogP contribution in [0.4, 0.5) is 0 Å². The first-order valence-corrected chi connectivity index (χ1v) is 5.52. The van der Waals surface area contributed by atoms with Gasteiger partial charge in [-0.3, -0.25) is 0 Å². The Hall–Kier alpha value is -0.0800. The Morgan fingerprint density at radius 3 is 2.69 bits per heavy atom. The largest absolute Gasteiger partial charge is 0.384 e. The topological polar surface area (TPSA) is 21.3 Å². The minimum absolute atomic E-state index is 0.736. The Kier molecular flexibility index (Phi) is 5.40. The Morgan fingerprint density at radius 2 is 2.08 bits per heavy atom. The smallest absolute Gasteiger partial charge is 0.0487 e. The van der Waals surface area contributed by atoms with Gasteiger partial charge in [-0.25, -0.2) is 0 Å². The van der Waals surface area contributed by atoms with Crippen LogP contribution >= 0.6 is 0 Å². The van der Waals surface area contributed by atoms with Gasteiger partial charge in [0.1, 0.15) is 0 Å². The second kappa shape index (κ2) is 6.39. The average molecular weight is 185 g/mol. The second-order valence-corrected chi connectivity index (χ2v) is 4.33. The van der Waals surface area contributed by atoms with Crippen LogP contribution in [0.2, 0.25) is 0 Å². The van der Waals surface area contributed by atoms with Gasteiger partial charge in [0.15, 0.2) is 0 Å². The molecule has 1 heterocycles. The second-order valence-electron chi connectivity index (χ2n) is 4.33. The molecule has 1 atom stereocenters. The number of hydrogen-bond acceptors (Lipinski definition) is 2. The average Bonchev–Trinajstić information content (AvgIpc) is 2.17. The zero-order valence-electron chi connectivity index (χ0n) is 9.01. The third kappa shape index (κ3) is 4.63. The van der Waals surface area contributed by atoms with Crippen LogP contribution in [0.5, 0.6) is 0 Å². The van der Waals surface area contributed by atoms with Crippen LogP contribution in [0.25, 0.3) is 0 Å². The summed E-state index contributed by atoms with van der Waals surface area (Å²) in [5.74, 6) is 1.71. The molecule has 0 saturated carbocycles. The maximum Gasteiger partial charge on any atom is 0.0487 e. The van der Waals surface area contributed by atoms with Crippen LogP contribution in [0, 0.1) is 11.8 Å². The zero-order chi connectivity index (χ0) is 9.52. The van der Waals surface area contributed by atoms with Crippen molar-refractivity contribution in [3.63, 3.8) is 0 Å². The molecule has 1 unspecified atom stereocenters. The molecule has 0 spiro atoms. The van der Waals surface area contributed by atoms with E-state index in [1.54, 1.807) is 7.11 Å². The summed E-state index contributed by atoms with van der Waals surface area (Å²) in [6.07, 6.45) is 5.48. The fourth-order valence-corrected chi connectivity index (χ4v) is 2.06. The molecule has 1 aliphatic rings. The van der Waals surface area contributed by atoms with Crippen molar-refractivity contribution in [1.29, 1.82) is 0 Å². The van der Waals surface area contributed by atoms with Crippen molar-refractivity contribution in [3.8, 4) is 0 Å². The molecule has 0 radical (unpaired) electrons. The standard InChI is InChI=1S/C11H23NO/c1-10(9-13-2)3-4-11-5-7-12-8-6-11/h10-12H,3-9H2,1-2H3. The molecule has 1 fully saturated rings. The molecule has 0 bridgehead atoms. The van der Waals surface area contributed by atoms with Gasteiger partial charge in [0.05, 0.1) is 0 Å². The highest BCUT2D eigenvalue weighted by atomic mass is 16.5. The van der Waals surface area contributed by atoms with E-state index >= 15 is 0 Å². The Balaban J connectivity index is 2.03. The summed E-state index contributed by atoms with van der Waals surface area (Å²) in [6, 6.07) is 0. The summed E-state index contributed by atoms with van der Waals surface area (Å²) in [5, 5.41) is 3.40. The van der Waals surface area contributed by atoms with Crippen LogP contribution in [-0.4, -0.2) is 26.8 Å². The lowest BCUT2D eigenvalue weighted by molar-refractivity contribution is 0.150. The van der Waals surface area contributed by atoms with E-state index in [1.807, 2.05) is 0 Å². The molecule has 2 nitrogen and oxygen atoms in total. The first-order chi connectivity index (χ1) is 6.33. The number of methoxy groups -OCH3 is 1. The monoisotopic (exact) mass is 185 g/mol. The molecule has 0 aromatic rings. The number of piperidine rings is 1. The van der Waals surface area contributed by atoms with Gasteiger partial charge >= 0.3 is 0 Å². The highest BCUT2D eigenvalue weighted by Crippen LogP contribution is 2.20. The molecule has 1 saturated heterocycles. The summed E-state index contributed by atoms with van der Waals surface area (Å²) >= 11 is 0. The molecule has 1 N–H and O–H groups in total. The molecular formula is C11H23NO. The number of nitrogens with one attached hydrogen (secondary N) is 1. The normalized spacial score (nSPS) is 21.7. The Bertz CT molecular complexity index is 121. The van der Waals surface area contributed by atoms with Gasteiger partial charge in [-0.05, 0) is 44.2 Å². The highest BCUT2D eigenvalue weighted by Gasteiger charge is 2.13. The van der Waals surface area contributed by atoms with Gasteiger partial charge in [0.2, 0.25) is 0 Å². The van der Waals surface area contributed by atoms with E-state index in [0.717, 1.165) is 18.4 Å². The fourth-order valence-electron chi connectivity index (χ4n) is 2.06. The van der Waals surface area contributed by atoms with Gasteiger partial charge in [-0.15, -0.1) is 0 Å². The molecule has 1 rings (SSSR count). The minimum Gasteiger partial charge on any atom is -0.384 e. The van der Waals surface area contributed by atoms with Gasteiger partial charge < -0.3 is 10.1 Å². The lowest BCUT2D eigenvalue weighted by atomic mass is 9.90. The number of rotatable bonds is 5. The van der Waals surface area contributed by atoms with Crippen molar-refractivity contribution in [2.45, 2.75) is 32.6 Å². The Morgan fingerprint density at radius 1 is 1.38 bits per heavy atom. The van der Waals surface area contributed by atoms with E-state index in [1.165, 1.54) is 38.8 Å². The van der Waals surface area contributed by atoms with E-state index in [4.69, 9.17) is 4.74 Å². The SMILES string of the molecule is COCC(C)CCC1CCNCC1. The van der Waals surface area contributed by atoms with E-state index in [-0.39, 0.29) is 0 Å². The quantitative estimate of drug-likeness (QED) is 0.708. The number of hydrogen-bond donors (Lipinski definition) is 1. The summed E-state index contributed by atoms with van der Waals surface area (Å²) in [6.45, 7) is 5.65. The molecule has 0 aromatic heterocycles. The van der Waals surface area contributed by atoms with Crippen molar-refractivity contribution in [2.24, 2.45) is 11.8 Å². The van der Waals surface area contributed by atoms with Crippen molar-refractivity contribution >= 4 is 0 Å². The predicted molar refractivity (Wildman–Crippen MR) is 55.9 cm³/mol. The van der Waals surface area contributed by atoms with Crippen LogP contribution < -0.4 is 5.32 Å². The molecule has 78 valence electrons. The summed E-state index contributed by atoms with van der Waals surface area (Å²) in [4.78, 5) is 0. The van der Waals surface area contributed by atoms with Crippen LogP contribution in [-0.2, 0) is 4.74 Å². The molecule has 0 aliphatic carbocycles. The molecule has 0 aromatic carbocycles. The van der Waals surface area contributed by atoms with E-state index in [9.17, 15) is 0 Å². The molecule has 0 amide bonds. The van der Waals surface area contributed by atoms with Crippen LogP contribution in [0.15, 0.2) is 0 Å².